The van der Waals surface area contributed by atoms with Crippen molar-refractivity contribution in [1.29, 1.82) is 0 Å². The summed E-state index contributed by atoms with van der Waals surface area (Å²) in [6.07, 6.45) is -5.03. The van der Waals surface area contributed by atoms with Crippen LogP contribution in [0.15, 0.2) is 10.9 Å². The first-order valence-electron chi connectivity index (χ1n) is 3.45. The molecular weight excluding hydrogens is 206 g/mol. The maximum absolute atomic E-state index is 12.7. The molecule has 0 spiro atoms. The molecule has 0 amide bonds. The Morgan fingerprint density at radius 2 is 2.00 bits per heavy atom. The van der Waals surface area contributed by atoms with Crippen LogP contribution in [0.4, 0.5) is 17.6 Å². The predicted molar refractivity (Wildman–Crippen MR) is 38.4 cm³/mol. The van der Waals surface area contributed by atoms with Crippen LogP contribution in [0.5, 0.6) is 5.88 Å². The third-order valence-corrected chi connectivity index (χ3v) is 1.29. The number of hydrogen-bond acceptors (Lipinski definition) is 2. The van der Waals surface area contributed by atoms with Gasteiger partial charge in [-0.15, -0.1) is 13.2 Å². The number of pyridine rings is 1. The molecule has 0 aliphatic carbocycles. The topological polar surface area (TPSA) is 42.1 Å². The van der Waals surface area contributed by atoms with Gasteiger partial charge in [-0.3, -0.25) is 4.79 Å². The lowest BCUT2D eigenvalue weighted by atomic mass is 10.3. The summed E-state index contributed by atoms with van der Waals surface area (Å²) in [5.41, 5.74) is -1.07. The van der Waals surface area contributed by atoms with E-state index in [-0.39, 0.29) is 5.69 Å². The van der Waals surface area contributed by atoms with Crippen LogP contribution in [-0.2, 0) is 0 Å². The minimum Gasteiger partial charge on any atom is -0.387 e. The van der Waals surface area contributed by atoms with Gasteiger partial charge in [0.2, 0.25) is 17.1 Å². The van der Waals surface area contributed by atoms with Gasteiger partial charge in [-0.2, -0.15) is 4.39 Å². The Hall–Kier alpha value is -1.53. The van der Waals surface area contributed by atoms with Crippen molar-refractivity contribution in [1.82, 2.24) is 4.98 Å². The fraction of sp³-hybridized carbons (Fsp3) is 0.286. The van der Waals surface area contributed by atoms with Crippen LogP contribution in [0.3, 0.4) is 0 Å². The lowest BCUT2D eigenvalue weighted by Crippen LogP contribution is -2.21. The van der Waals surface area contributed by atoms with Gasteiger partial charge in [0, 0.05) is 11.8 Å². The molecule has 0 atom stereocenters. The molecule has 0 saturated carbocycles. The highest BCUT2D eigenvalue weighted by Gasteiger charge is 2.33. The molecule has 1 heterocycles. The van der Waals surface area contributed by atoms with Crippen LogP contribution >= 0.6 is 0 Å². The fourth-order valence-electron chi connectivity index (χ4n) is 0.828. The number of rotatable bonds is 1. The van der Waals surface area contributed by atoms with Crippen molar-refractivity contribution in [3.8, 4) is 5.88 Å². The second-order valence-electron chi connectivity index (χ2n) is 2.51. The number of aromatic nitrogens is 1. The van der Waals surface area contributed by atoms with Crippen LogP contribution in [0, 0.1) is 12.7 Å². The molecule has 1 aromatic heterocycles. The minimum absolute atomic E-state index is 0.0793. The summed E-state index contributed by atoms with van der Waals surface area (Å²) in [4.78, 5) is 12.7. The molecule has 0 saturated heterocycles. The van der Waals surface area contributed by atoms with E-state index in [1.807, 2.05) is 4.98 Å². The van der Waals surface area contributed by atoms with Gasteiger partial charge < -0.3 is 9.72 Å². The lowest BCUT2D eigenvalue weighted by molar-refractivity contribution is -0.277. The van der Waals surface area contributed by atoms with Gasteiger partial charge in [0.1, 0.15) is 0 Å². The molecule has 14 heavy (non-hydrogen) atoms. The quantitative estimate of drug-likeness (QED) is 0.718. The van der Waals surface area contributed by atoms with Crippen molar-refractivity contribution >= 4 is 0 Å². The van der Waals surface area contributed by atoms with E-state index in [9.17, 15) is 22.4 Å². The Labute approximate surface area is 75.3 Å². The van der Waals surface area contributed by atoms with Gasteiger partial charge >= 0.3 is 6.36 Å². The Morgan fingerprint density at radius 3 is 2.50 bits per heavy atom. The van der Waals surface area contributed by atoms with Crippen LogP contribution in [-0.4, -0.2) is 11.3 Å². The average molecular weight is 211 g/mol. The van der Waals surface area contributed by atoms with E-state index in [2.05, 4.69) is 4.74 Å². The lowest BCUT2D eigenvalue weighted by Gasteiger charge is -2.09. The third-order valence-electron chi connectivity index (χ3n) is 1.29. The SMILES string of the molecule is Cc1cc(=O)c(F)c(OC(F)(F)F)[nH]1. The van der Waals surface area contributed by atoms with Crippen molar-refractivity contribution in [3.05, 3.63) is 27.8 Å². The number of alkyl halides is 3. The van der Waals surface area contributed by atoms with Gasteiger partial charge in [0.15, 0.2) is 0 Å². The highest BCUT2D eigenvalue weighted by molar-refractivity contribution is 5.17. The van der Waals surface area contributed by atoms with E-state index in [1.54, 1.807) is 0 Å². The Balaban J connectivity index is 3.15. The van der Waals surface area contributed by atoms with Gasteiger partial charge in [-0.25, -0.2) is 0 Å². The van der Waals surface area contributed by atoms with E-state index in [4.69, 9.17) is 0 Å². The molecule has 1 rings (SSSR count). The summed E-state index contributed by atoms with van der Waals surface area (Å²) < 4.78 is 51.0. The Bertz CT molecular complexity index is 396. The van der Waals surface area contributed by atoms with Crippen molar-refractivity contribution in [2.45, 2.75) is 13.3 Å². The molecule has 0 unspecified atom stereocenters. The number of nitrogens with one attached hydrogen (secondary N) is 1. The highest BCUT2D eigenvalue weighted by Crippen LogP contribution is 2.21. The van der Waals surface area contributed by atoms with E-state index >= 15 is 0 Å². The van der Waals surface area contributed by atoms with Crippen molar-refractivity contribution in [2.75, 3.05) is 0 Å². The number of H-pyrrole nitrogens is 1. The zero-order valence-corrected chi connectivity index (χ0v) is 6.91. The summed E-state index contributed by atoms with van der Waals surface area (Å²) in [6.45, 7) is 1.31. The van der Waals surface area contributed by atoms with E-state index in [0.717, 1.165) is 6.07 Å². The van der Waals surface area contributed by atoms with E-state index in [0.29, 0.717) is 0 Å². The second kappa shape index (κ2) is 3.32. The second-order valence-corrected chi connectivity index (χ2v) is 2.51. The normalized spacial score (nSPS) is 11.5. The zero-order chi connectivity index (χ0) is 10.9. The van der Waals surface area contributed by atoms with Crippen LogP contribution in [0.25, 0.3) is 0 Å². The number of hydrogen-bond donors (Lipinski definition) is 1. The smallest absolute Gasteiger partial charge is 0.387 e. The molecule has 0 radical (unpaired) electrons. The largest absolute Gasteiger partial charge is 0.574 e. The summed E-state index contributed by atoms with van der Waals surface area (Å²) in [5, 5.41) is 0. The van der Waals surface area contributed by atoms with Gasteiger partial charge in [0.25, 0.3) is 0 Å². The van der Waals surface area contributed by atoms with Crippen molar-refractivity contribution < 1.29 is 22.3 Å². The first-order chi connectivity index (χ1) is 6.29. The molecule has 0 aliphatic heterocycles. The van der Waals surface area contributed by atoms with Gasteiger partial charge in [-0.1, -0.05) is 0 Å². The maximum Gasteiger partial charge on any atom is 0.574 e. The molecule has 0 bridgehead atoms. The van der Waals surface area contributed by atoms with E-state index < -0.39 is 23.5 Å². The monoisotopic (exact) mass is 211 g/mol. The number of ether oxygens (including phenoxy) is 1. The summed E-state index contributed by atoms with van der Waals surface area (Å²) in [5.74, 6) is -2.81. The zero-order valence-electron chi connectivity index (χ0n) is 6.91. The maximum atomic E-state index is 12.7. The molecule has 0 aliphatic rings. The van der Waals surface area contributed by atoms with Crippen LogP contribution in [0.1, 0.15) is 5.69 Å². The Morgan fingerprint density at radius 1 is 1.43 bits per heavy atom. The Kier molecular flexibility index (Phi) is 2.50. The van der Waals surface area contributed by atoms with Crippen LogP contribution in [0.2, 0.25) is 0 Å². The molecule has 0 fully saturated rings. The summed E-state index contributed by atoms with van der Waals surface area (Å²) >= 11 is 0. The number of halogens is 4. The number of aryl methyl sites for hydroxylation is 1. The highest BCUT2D eigenvalue weighted by atomic mass is 19.4. The van der Waals surface area contributed by atoms with Gasteiger partial charge in [0.05, 0.1) is 0 Å². The summed E-state index contributed by atoms with van der Waals surface area (Å²) in [7, 11) is 0. The third kappa shape index (κ3) is 2.48. The molecule has 3 nitrogen and oxygen atoms in total. The minimum atomic E-state index is -5.03. The van der Waals surface area contributed by atoms with E-state index in [1.165, 1.54) is 6.92 Å². The molecular formula is C7H5F4NO2. The molecule has 7 heteroatoms. The van der Waals surface area contributed by atoms with Crippen LogP contribution < -0.4 is 10.2 Å². The van der Waals surface area contributed by atoms with Gasteiger partial charge in [-0.05, 0) is 6.92 Å². The van der Waals surface area contributed by atoms with Crippen molar-refractivity contribution in [3.63, 3.8) is 0 Å². The summed E-state index contributed by atoms with van der Waals surface area (Å²) in [6, 6.07) is 0.832. The first kappa shape index (κ1) is 10.6. The predicted octanol–water partition coefficient (Wildman–Crippen LogP) is 1.72. The standard InChI is InChI=1S/C7H5F4NO2/c1-3-2-4(13)5(8)6(12-3)14-7(9,10)11/h2H,1H3,(H,12,13). The number of aromatic amines is 1. The van der Waals surface area contributed by atoms with Crippen molar-refractivity contribution in [2.24, 2.45) is 0 Å². The molecule has 1 N–H and O–H groups in total. The molecule has 1 aromatic rings. The fourth-order valence-corrected chi connectivity index (χ4v) is 0.828. The average Bonchev–Trinajstić information content (AvgIpc) is 1.96. The first-order valence-corrected chi connectivity index (χ1v) is 3.45. The molecule has 0 aromatic carbocycles. The molecule has 78 valence electrons.